The Kier molecular flexibility index (Phi) is 4.71. The monoisotopic (exact) mass is 323 g/mol. The van der Waals surface area contributed by atoms with Crippen LogP contribution in [0.4, 0.5) is 0 Å². The summed E-state index contributed by atoms with van der Waals surface area (Å²) in [6.45, 7) is 4.25. The topological polar surface area (TPSA) is 64.9 Å². The standard InChI is InChI=1S/C14H18BrN3O/c1-9(2)7-12(16)14-17-13(18-19-14)8-10-5-3-4-6-11(10)15/h3-6,9,12H,7-8,16H2,1-2H3/t12-/m0/s1. The van der Waals surface area contributed by atoms with Gasteiger partial charge in [0.1, 0.15) is 0 Å². The van der Waals surface area contributed by atoms with E-state index in [9.17, 15) is 0 Å². The van der Waals surface area contributed by atoms with Crippen LogP contribution in [0.25, 0.3) is 0 Å². The maximum Gasteiger partial charge on any atom is 0.243 e. The lowest BCUT2D eigenvalue weighted by Crippen LogP contribution is -2.13. The van der Waals surface area contributed by atoms with E-state index in [2.05, 4.69) is 39.9 Å². The third-order valence-electron chi connectivity index (χ3n) is 2.83. The molecule has 0 aliphatic carbocycles. The minimum atomic E-state index is -0.180. The summed E-state index contributed by atoms with van der Waals surface area (Å²) in [7, 11) is 0. The highest BCUT2D eigenvalue weighted by atomic mass is 79.9. The summed E-state index contributed by atoms with van der Waals surface area (Å²) in [6.07, 6.45) is 1.48. The third-order valence-corrected chi connectivity index (χ3v) is 3.61. The minimum absolute atomic E-state index is 0.180. The van der Waals surface area contributed by atoms with Gasteiger partial charge in [-0.15, -0.1) is 0 Å². The van der Waals surface area contributed by atoms with Gasteiger partial charge in [-0.25, -0.2) is 0 Å². The molecule has 2 rings (SSSR count). The molecule has 4 nitrogen and oxygen atoms in total. The quantitative estimate of drug-likeness (QED) is 0.914. The van der Waals surface area contributed by atoms with Crippen molar-refractivity contribution in [1.29, 1.82) is 0 Å². The van der Waals surface area contributed by atoms with Crippen LogP contribution in [0.5, 0.6) is 0 Å². The van der Waals surface area contributed by atoms with E-state index in [0.29, 0.717) is 24.1 Å². The number of nitrogens with zero attached hydrogens (tertiary/aromatic N) is 2. The number of benzene rings is 1. The summed E-state index contributed by atoms with van der Waals surface area (Å²) in [5.74, 6) is 1.70. The van der Waals surface area contributed by atoms with Crippen molar-refractivity contribution in [1.82, 2.24) is 10.1 Å². The van der Waals surface area contributed by atoms with E-state index in [0.717, 1.165) is 16.5 Å². The first kappa shape index (κ1) is 14.2. The molecule has 1 atom stereocenters. The summed E-state index contributed by atoms with van der Waals surface area (Å²) < 4.78 is 6.29. The predicted octanol–water partition coefficient (Wildman–Crippen LogP) is 3.47. The van der Waals surface area contributed by atoms with Gasteiger partial charge in [0.2, 0.25) is 5.89 Å². The average Bonchev–Trinajstić information content (AvgIpc) is 2.80. The van der Waals surface area contributed by atoms with Crippen molar-refractivity contribution in [2.75, 3.05) is 0 Å². The highest BCUT2D eigenvalue weighted by molar-refractivity contribution is 9.10. The Hall–Kier alpha value is -1.20. The van der Waals surface area contributed by atoms with Crippen molar-refractivity contribution in [2.45, 2.75) is 32.7 Å². The second kappa shape index (κ2) is 6.30. The second-order valence-corrected chi connectivity index (χ2v) is 5.91. The van der Waals surface area contributed by atoms with E-state index in [1.165, 1.54) is 0 Å². The predicted molar refractivity (Wildman–Crippen MR) is 77.6 cm³/mol. The highest BCUT2D eigenvalue weighted by Gasteiger charge is 2.16. The zero-order chi connectivity index (χ0) is 13.8. The Morgan fingerprint density at radius 2 is 2.05 bits per heavy atom. The number of hydrogen-bond acceptors (Lipinski definition) is 4. The maximum absolute atomic E-state index is 6.03. The van der Waals surface area contributed by atoms with Crippen LogP contribution >= 0.6 is 15.9 Å². The van der Waals surface area contributed by atoms with Crippen LogP contribution in [-0.4, -0.2) is 10.1 Å². The molecule has 1 aromatic carbocycles. The number of rotatable bonds is 5. The fraction of sp³-hybridized carbons (Fsp3) is 0.429. The van der Waals surface area contributed by atoms with Crippen molar-refractivity contribution in [3.8, 4) is 0 Å². The van der Waals surface area contributed by atoms with Gasteiger partial charge in [0, 0.05) is 10.9 Å². The Bertz CT molecular complexity index is 539. The zero-order valence-corrected chi connectivity index (χ0v) is 12.7. The molecule has 0 fully saturated rings. The summed E-state index contributed by atoms with van der Waals surface area (Å²) in [5, 5.41) is 3.99. The highest BCUT2D eigenvalue weighted by Crippen LogP contribution is 2.20. The van der Waals surface area contributed by atoms with Crippen molar-refractivity contribution < 1.29 is 4.52 Å². The van der Waals surface area contributed by atoms with Gasteiger partial charge in [-0.3, -0.25) is 0 Å². The Morgan fingerprint density at radius 1 is 1.32 bits per heavy atom. The van der Waals surface area contributed by atoms with Crippen LogP contribution in [-0.2, 0) is 6.42 Å². The minimum Gasteiger partial charge on any atom is -0.338 e. The molecule has 0 aliphatic rings. The van der Waals surface area contributed by atoms with Gasteiger partial charge in [-0.05, 0) is 24.0 Å². The van der Waals surface area contributed by atoms with E-state index in [-0.39, 0.29) is 6.04 Å². The summed E-state index contributed by atoms with van der Waals surface area (Å²) in [5.41, 5.74) is 7.16. The molecule has 0 unspecified atom stereocenters. The lowest BCUT2D eigenvalue weighted by atomic mass is 10.0. The summed E-state index contributed by atoms with van der Waals surface area (Å²) in [6, 6.07) is 7.83. The molecule has 5 heteroatoms. The molecule has 0 saturated heterocycles. The SMILES string of the molecule is CC(C)C[C@H](N)c1nc(Cc2ccccc2Br)no1. The zero-order valence-electron chi connectivity index (χ0n) is 11.1. The molecule has 2 N–H and O–H groups in total. The van der Waals surface area contributed by atoms with Gasteiger partial charge in [0.15, 0.2) is 5.82 Å². The molecule has 0 saturated carbocycles. The van der Waals surface area contributed by atoms with E-state index in [1.54, 1.807) is 0 Å². The van der Waals surface area contributed by atoms with Gasteiger partial charge >= 0.3 is 0 Å². The average molecular weight is 324 g/mol. The molecule has 0 aliphatic heterocycles. The van der Waals surface area contributed by atoms with Gasteiger partial charge in [0.25, 0.3) is 0 Å². The van der Waals surface area contributed by atoms with Crippen LogP contribution in [0.1, 0.15) is 43.6 Å². The van der Waals surface area contributed by atoms with Gasteiger partial charge in [-0.1, -0.05) is 53.1 Å². The first-order chi connectivity index (χ1) is 9.06. The van der Waals surface area contributed by atoms with Crippen LogP contribution in [0, 0.1) is 5.92 Å². The van der Waals surface area contributed by atoms with Crippen molar-refractivity contribution in [3.63, 3.8) is 0 Å². The van der Waals surface area contributed by atoms with E-state index < -0.39 is 0 Å². The smallest absolute Gasteiger partial charge is 0.243 e. The van der Waals surface area contributed by atoms with Crippen molar-refractivity contribution in [2.24, 2.45) is 11.7 Å². The largest absolute Gasteiger partial charge is 0.338 e. The molecule has 0 spiro atoms. The van der Waals surface area contributed by atoms with Crippen LogP contribution in [0.3, 0.4) is 0 Å². The van der Waals surface area contributed by atoms with Crippen LogP contribution in [0.2, 0.25) is 0 Å². The number of halogens is 1. The molecular weight excluding hydrogens is 306 g/mol. The molecule has 19 heavy (non-hydrogen) atoms. The summed E-state index contributed by atoms with van der Waals surface area (Å²) in [4.78, 5) is 4.38. The molecular formula is C14H18BrN3O. The lowest BCUT2D eigenvalue weighted by Gasteiger charge is -2.08. The number of aromatic nitrogens is 2. The first-order valence-corrected chi connectivity index (χ1v) is 7.17. The molecule has 0 radical (unpaired) electrons. The van der Waals surface area contributed by atoms with E-state index in [4.69, 9.17) is 10.3 Å². The number of nitrogens with two attached hydrogens (primary N) is 1. The molecule has 0 amide bonds. The van der Waals surface area contributed by atoms with Crippen molar-refractivity contribution >= 4 is 15.9 Å². The molecule has 1 heterocycles. The lowest BCUT2D eigenvalue weighted by molar-refractivity contribution is 0.333. The van der Waals surface area contributed by atoms with E-state index in [1.807, 2.05) is 24.3 Å². The molecule has 1 aromatic heterocycles. The molecule has 0 bridgehead atoms. The van der Waals surface area contributed by atoms with Gasteiger partial charge in [-0.2, -0.15) is 4.98 Å². The van der Waals surface area contributed by atoms with Crippen molar-refractivity contribution in [3.05, 3.63) is 46.0 Å². The third kappa shape index (κ3) is 3.88. The molecule has 102 valence electrons. The van der Waals surface area contributed by atoms with Crippen LogP contribution in [0.15, 0.2) is 33.3 Å². The second-order valence-electron chi connectivity index (χ2n) is 5.05. The molecule has 2 aromatic rings. The fourth-order valence-corrected chi connectivity index (χ4v) is 2.34. The Morgan fingerprint density at radius 3 is 2.74 bits per heavy atom. The van der Waals surface area contributed by atoms with Gasteiger partial charge in [0.05, 0.1) is 6.04 Å². The first-order valence-electron chi connectivity index (χ1n) is 6.37. The Balaban J connectivity index is 2.07. The van der Waals surface area contributed by atoms with Crippen LogP contribution < -0.4 is 5.73 Å². The summed E-state index contributed by atoms with van der Waals surface area (Å²) >= 11 is 3.51. The Labute approximate surface area is 121 Å². The normalized spacial score (nSPS) is 12.9. The number of hydrogen-bond donors (Lipinski definition) is 1. The maximum atomic E-state index is 6.03. The van der Waals surface area contributed by atoms with E-state index >= 15 is 0 Å². The van der Waals surface area contributed by atoms with Gasteiger partial charge < -0.3 is 10.3 Å². The fourth-order valence-electron chi connectivity index (χ4n) is 1.91.